The molecule has 0 heterocycles. The van der Waals surface area contributed by atoms with Gasteiger partial charge in [0.05, 0.1) is 20.6 Å². The zero-order valence-electron chi connectivity index (χ0n) is 22.7. The number of hydrogen-bond acceptors (Lipinski definition) is 4. The summed E-state index contributed by atoms with van der Waals surface area (Å²) < 4.78 is 28.7. The number of carbonyl (C=O) groups is 2. The van der Waals surface area contributed by atoms with E-state index in [0.29, 0.717) is 32.7 Å². The summed E-state index contributed by atoms with van der Waals surface area (Å²) in [7, 11) is -4.18. The van der Waals surface area contributed by atoms with Crippen LogP contribution in [-0.4, -0.2) is 43.8 Å². The van der Waals surface area contributed by atoms with Crippen molar-refractivity contribution in [3.8, 4) is 0 Å². The van der Waals surface area contributed by atoms with Crippen LogP contribution in [0.5, 0.6) is 0 Å². The predicted octanol–water partition coefficient (Wildman–Crippen LogP) is 6.48. The maximum atomic E-state index is 13.9. The number of rotatable bonds is 11. The third-order valence-corrected chi connectivity index (χ3v) is 9.29. The Morgan fingerprint density at radius 2 is 1.52 bits per heavy atom. The van der Waals surface area contributed by atoms with Crippen LogP contribution in [-0.2, 0) is 26.2 Å². The third-order valence-electron chi connectivity index (χ3n) is 6.51. The molecule has 11 heteroatoms. The Morgan fingerprint density at radius 1 is 0.900 bits per heavy atom. The van der Waals surface area contributed by atoms with Crippen molar-refractivity contribution in [1.82, 2.24) is 10.2 Å². The molecule has 1 N–H and O–H groups in total. The second-order valence-electron chi connectivity index (χ2n) is 9.57. The van der Waals surface area contributed by atoms with E-state index < -0.39 is 28.5 Å². The molecule has 0 fully saturated rings. The van der Waals surface area contributed by atoms with Crippen LogP contribution in [0.15, 0.2) is 71.6 Å². The number of aryl methyl sites for hydroxylation is 1. The number of benzene rings is 3. The molecule has 0 aliphatic rings. The van der Waals surface area contributed by atoms with Crippen molar-refractivity contribution in [2.24, 2.45) is 0 Å². The van der Waals surface area contributed by atoms with Crippen LogP contribution < -0.4 is 9.62 Å². The van der Waals surface area contributed by atoms with E-state index in [4.69, 9.17) is 34.8 Å². The lowest BCUT2D eigenvalue weighted by molar-refractivity contribution is -0.139. The van der Waals surface area contributed by atoms with Crippen molar-refractivity contribution in [3.05, 3.63) is 92.9 Å². The largest absolute Gasteiger partial charge is 0.352 e. The average Bonchev–Trinajstić information content (AvgIpc) is 2.92. The summed E-state index contributed by atoms with van der Waals surface area (Å²) >= 11 is 18.3. The van der Waals surface area contributed by atoms with Crippen molar-refractivity contribution >= 4 is 62.3 Å². The van der Waals surface area contributed by atoms with E-state index in [2.05, 4.69) is 5.32 Å². The number of anilines is 1. The zero-order chi connectivity index (χ0) is 29.6. The fourth-order valence-corrected chi connectivity index (χ4v) is 5.72. The summed E-state index contributed by atoms with van der Waals surface area (Å²) in [5.74, 6) is -0.929. The molecule has 0 aromatic heterocycles. The van der Waals surface area contributed by atoms with Crippen LogP contribution in [0.3, 0.4) is 0 Å². The number of halogens is 3. The molecule has 3 aromatic carbocycles. The van der Waals surface area contributed by atoms with E-state index in [1.165, 1.54) is 29.2 Å². The fraction of sp³-hybridized carbons (Fsp3) is 0.310. The number of amides is 2. The molecule has 2 amide bonds. The quantitative estimate of drug-likeness (QED) is 0.265. The van der Waals surface area contributed by atoms with Crippen molar-refractivity contribution < 1.29 is 18.0 Å². The first-order valence-electron chi connectivity index (χ1n) is 12.7. The van der Waals surface area contributed by atoms with Crippen molar-refractivity contribution in [2.75, 3.05) is 10.8 Å². The first-order chi connectivity index (χ1) is 18.8. The van der Waals surface area contributed by atoms with Crippen LogP contribution >= 0.6 is 34.8 Å². The van der Waals surface area contributed by atoms with Gasteiger partial charge in [-0.05, 0) is 81.3 Å². The zero-order valence-corrected chi connectivity index (χ0v) is 25.8. The second-order valence-corrected chi connectivity index (χ2v) is 12.7. The molecule has 3 aromatic rings. The molecule has 7 nitrogen and oxygen atoms in total. The van der Waals surface area contributed by atoms with Gasteiger partial charge in [0, 0.05) is 17.6 Å². The maximum Gasteiger partial charge on any atom is 0.264 e. The van der Waals surface area contributed by atoms with Crippen LogP contribution in [0.4, 0.5) is 5.69 Å². The summed E-state index contributed by atoms with van der Waals surface area (Å²) in [6.45, 7) is 6.76. The molecule has 40 heavy (non-hydrogen) atoms. The number of nitrogens with zero attached hydrogens (tertiary/aromatic N) is 2. The van der Waals surface area contributed by atoms with Crippen LogP contribution in [0.25, 0.3) is 0 Å². The molecular weight excluding hydrogens is 593 g/mol. The number of sulfonamides is 1. The molecule has 3 rings (SSSR count). The minimum absolute atomic E-state index is 0.00749. The Labute approximate surface area is 251 Å². The summed E-state index contributed by atoms with van der Waals surface area (Å²) in [5.41, 5.74) is 1.86. The highest BCUT2D eigenvalue weighted by Gasteiger charge is 2.32. The monoisotopic (exact) mass is 623 g/mol. The lowest BCUT2D eigenvalue weighted by Gasteiger charge is -2.32. The first-order valence-corrected chi connectivity index (χ1v) is 15.3. The lowest BCUT2D eigenvalue weighted by atomic mass is 10.1. The Balaban J connectivity index is 2.03. The van der Waals surface area contributed by atoms with Gasteiger partial charge in [0.15, 0.2) is 0 Å². The molecule has 0 radical (unpaired) electrons. The highest BCUT2D eigenvalue weighted by molar-refractivity contribution is 7.92. The summed E-state index contributed by atoms with van der Waals surface area (Å²) in [5, 5.41) is 3.93. The van der Waals surface area contributed by atoms with Gasteiger partial charge in [0.2, 0.25) is 11.8 Å². The molecule has 0 saturated carbocycles. The highest BCUT2D eigenvalue weighted by atomic mass is 35.5. The molecule has 214 valence electrons. The predicted molar refractivity (Wildman–Crippen MR) is 162 cm³/mol. The minimum atomic E-state index is -4.18. The Morgan fingerprint density at radius 3 is 2.10 bits per heavy atom. The van der Waals surface area contributed by atoms with Gasteiger partial charge < -0.3 is 10.2 Å². The summed E-state index contributed by atoms with van der Waals surface area (Å²) in [6, 6.07) is 16.4. The molecule has 0 saturated heterocycles. The topological polar surface area (TPSA) is 86.8 Å². The molecule has 2 atom stereocenters. The van der Waals surface area contributed by atoms with E-state index in [1.807, 2.05) is 20.8 Å². The van der Waals surface area contributed by atoms with Gasteiger partial charge in [-0.25, -0.2) is 8.42 Å². The van der Waals surface area contributed by atoms with E-state index in [-0.39, 0.29) is 23.4 Å². The van der Waals surface area contributed by atoms with E-state index in [0.717, 1.165) is 9.87 Å². The van der Waals surface area contributed by atoms with Crippen molar-refractivity contribution in [3.63, 3.8) is 0 Å². The van der Waals surface area contributed by atoms with Crippen LogP contribution in [0.2, 0.25) is 15.1 Å². The smallest absolute Gasteiger partial charge is 0.264 e. The molecule has 0 spiro atoms. The van der Waals surface area contributed by atoms with Gasteiger partial charge in [0.25, 0.3) is 10.0 Å². The van der Waals surface area contributed by atoms with Gasteiger partial charge >= 0.3 is 0 Å². The molecule has 0 aliphatic heterocycles. The summed E-state index contributed by atoms with van der Waals surface area (Å²) in [4.78, 5) is 28.4. The Bertz CT molecular complexity index is 1450. The number of hydrogen-bond donors (Lipinski definition) is 1. The SMILES string of the molecule is CC[C@@H](C)NC(=O)[C@H](C)N(Cc1ccc(Cl)c(Cl)c1)C(=O)CN(c1ccc(C)cc1)S(=O)(=O)c1ccc(Cl)cc1. The third kappa shape index (κ3) is 7.91. The molecular formula is C29H32Cl3N3O4S. The lowest BCUT2D eigenvalue weighted by Crippen LogP contribution is -2.52. The van der Waals surface area contributed by atoms with Crippen molar-refractivity contribution in [1.29, 1.82) is 0 Å². The number of nitrogens with one attached hydrogen (secondary N) is 1. The van der Waals surface area contributed by atoms with Gasteiger partial charge in [-0.3, -0.25) is 13.9 Å². The van der Waals surface area contributed by atoms with Crippen molar-refractivity contribution in [2.45, 2.75) is 57.6 Å². The average molecular weight is 625 g/mol. The molecule has 0 aliphatic carbocycles. The van der Waals surface area contributed by atoms with Gasteiger partial charge in [-0.15, -0.1) is 0 Å². The molecule has 0 bridgehead atoms. The minimum Gasteiger partial charge on any atom is -0.352 e. The summed E-state index contributed by atoms with van der Waals surface area (Å²) in [6.07, 6.45) is 0.708. The molecule has 0 unspecified atom stereocenters. The highest BCUT2D eigenvalue weighted by Crippen LogP contribution is 2.27. The maximum absolute atomic E-state index is 13.9. The van der Waals surface area contributed by atoms with Gasteiger partial charge in [-0.2, -0.15) is 0 Å². The fourth-order valence-electron chi connectivity index (χ4n) is 3.86. The van der Waals surface area contributed by atoms with Gasteiger partial charge in [-0.1, -0.05) is 65.5 Å². The van der Waals surface area contributed by atoms with E-state index in [1.54, 1.807) is 49.4 Å². The van der Waals surface area contributed by atoms with Crippen LogP contribution in [0, 0.1) is 6.92 Å². The Hall–Kier alpha value is -2.78. The second kappa shape index (κ2) is 13.7. The normalized spacial score (nSPS) is 12.9. The standard InChI is InChI=1S/C29H32Cl3N3O4S/c1-5-20(3)33-29(37)21(4)34(17-22-8-15-26(31)27(32)16-22)28(36)18-35(24-11-6-19(2)7-12-24)40(38,39)25-13-9-23(30)10-14-25/h6-16,20-21H,5,17-18H2,1-4H3,(H,33,37)/t20-,21+/m1/s1. The Kier molecular flexibility index (Phi) is 10.9. The van der Waals surface area contributed by atoms with E-state index >= 15 is 0 Å². The number of carbonyl (C=O) groups excluding carboxylic acids is 2. The van der Waals surface area contributed by atoms with Gasteiger partial charge in [0.1, 0.15) is 12.6 Å². The van der Waals surface area contributed by atoms with E-state index in [9.17, 15) is 18.0 Å². The van der Waals surface area contributed by atoms with Crippen LogP contribution in [0.1, 0.15) is 38.3 Å². The first kappa shape index (κ1) is 31.7.